The summed E-state index contributed by atoms with van der Waals surface area (Å²) < 4.78 is 5.02. The molecule has 0 atom stereocenters. The smallest absolute Gasteiger partial charge is 0.137 e. The van der Waals surface area contributed by atoms with Gasteiger partial charge in [0.2, 0.25) is 0 Å². The molecule has 1 N–H and O–H groups in total. The van der Waals surface area contributed by atoms with E-state index in [9.17, 15) is 0 Å². The molecule has 0 aliphatic heterocycles. The first kappa shape index (κ1) is 9.36. The number of hydrogen-bond donors (Lipinski definition) is 1. The van der Waals surface area contributed by atoms with E-state index in [2.05, 4.69) is 0 Å². The lowest BCUT2D eigenvalue weighted by Crippen LogP contribution is -1.92. The third kappa shape index (κ3) is 2.13. The second-order valence-electron chi connectivity index (χ2n) is 2.44. The van der Waals surface area contributed by atoms with Crippen molar-refractivity contribution in [3.8, 4) is 5.75 Å². The molecule has 0 radical (unpaired) electrons. The van der Waals surface area contributed by atoms with Gasteiger partial charge in [0.1, 0.15) is 5.75 Å². The van der Waals surface area contributed by atoms with Crippen molar-refractivity contribution in [1.82, 2.24) is 0 Å². The molecule has 0 saturated carbocycles. The van der Waals surface area contributed by atoms with Crippen LogP contribution in [0.1, 0.15) is 5.56 Å². The van der Waals surface area contributed by atoms with Gasteiger partial charge in [-0.25, -0.2) is 0 Å². The van der Waals surface area contributed by atoms with Gasteiger partial charge in [0, 0.05) is 6.61 Å². The number of hydrogen-bond acceptors (Lipinski definition) is 2. The quantitative estimate of drug-likeness (QED) is 0.781. The van der Waals surface area contributed by atoms with E-state index in [1.54, 1.807) is 13.2 Å². The van der Waals surface area contributed by atoms with E-state index in [0.29, 0.717) is 17.2 Å². The Morgan fingerprint density at radius 1 is 1.50 bits per heavy atom. The van der Waals surface area contributed by atoms with Gasteiger partial charge >= 0.3 is 0 Å². The zero-order valence-electron chi connectivity index (χ0n) is 6.88. The molecule has 0 heterocycles. The van der Waals surface area contributed by atoms with Crippen LogP contribution < -0.4 is 4.74 Å². The Labute approximate surface area is 76.7 Å². The molecule has 1 aromatic carbocycles. The Morgan fingerprint density at radius 2 is 2.25 bits per heavy atom. The van der Waals surface area contributed by atoms with E-state index >= 15 is 0 Å². The number of halogens is 1. The van der Waals surface area contributed by atoms with E-state index in [0.717, 1.165) is 5.56 Å². The largest absolute Gasteiger partial charge is 0.495 e. The molecule has 0 unspecified atom stereocenters. The first-order chi connectivity index (χ1) is 5.77. The summed E-state index contributed by atoms with van der Waals surface area (Å²) in [6.07, 6.45) is 0.632. The van der Waals surface area contributed by atoms with Crippen LogP contribution in [0.3, 0.4) is 0 Å². The fourth-order valence-corrected chi connectivity index (χ4v) is 1.18. The van der Waals surface area contributed by atoms with Gasteiger partial charge in [0.05, 0.1) is 12.1 Å². The minimum absolute atomic E-state index is 0.144. The standard InChI is InChI=1S/C9H11ClO2/c1-12-9-6-7(4-5-11)2-3-8(9)10/h2-3,6,11H,4-5H2,1H3. The molecule has 3 heteroatoms. The molecular weight excluding hydrogens is 176 g/mol. The molecule has 12 heavy (non-hydrogen) atoms. The summed E-state index contributed by atoms with van der Waals surface area (Å²) in [5.41, 5.74) is 1.03. The molecule has 0 amide bonds. The lowest BCUT2D eigenvalue weighted by atomic mass is 10.1. The van der Waals surface area contributed by atoms with Crippen LogP contribution in [-0.4, -0.2) is 18.8 Å². The van der Waals surface area contributed by atoms with Crippen LogP contribution in [-0.2, 0) is 6.42 Å². The zero-order valence-corrected chi connectivity index (χ0v) is 7.64. The predicted molar refractivity (Wildman–Crippen MR) is 48.8 cm³/mol. The van der Waals surface area contributed by atoms with Crippen LogP contribution in [0.25, 0.3) is 0 Å². The molecule has 0 aromatic heterocycles. The van der Waals surface area contributed by atoms with E-state index in [-0.39, 0.29) is 6.61 Å². The Balaban J connectivity index is 2.89. The second-order valence-corrected chi connectivity index (χ2v) is 2.85. The molecule has 66 valence electrons. The van der Waals surface area contributed by atoms with Crippen molar-refractivity contribution in [1.29, 1.82) is 0 Å². The first-order valence-electron chi connectivity index (χ1n) is 3.71. The van der Waals surface area contributed by atoms with Crippen molar-refractivity contribution in [3.63, 3.8) is 0 Å². The Hall–Kier alpha value is -0.730. The van der Waals surface area contributed by atoms with Gasteiger partial charge in [-0.3, -0.25) is 0 Å². The number of benzene rings is 1. The van der Waals surface area contributed by atoms with Gasteiger partial charge in [-0.05, 0) is 24.1 Å². The molecule has 1 aromatic rings. The third-order valence-electron chi connectivity index (χ3n) is 1.62. The molecule has 1 rings (SSSR count). The molecule has 0 bridgehead atoms. The van der Waals surface area contributed by atoms with Crippen molar-refractivity contribution in [2.24, 2.45) is 0 Å². The first-order valence-corrected chi connectivity index (χ1v) is 4.09. The van der Waals surface area contributed by atoms with Crippen LogP contribution in [0.2, 0.25) is 5.02 Å². The van der Waals surface area contributed by atoms with Crippen LogP contribution in [0.5, 0.6) is 5.75 Å². The Kier molecular flexibility index (Phi) is 3.38. The zero-order chi connectivity index (χ0) is 8.97. The Morgan fingerprint density at radius 3 is 2.83 bits per heavy atom. The lowest BCUT2D eigenvalue weighted by Gasteiger charge is -2.04. The van der Waals surface area contributed by atoms with Gasteiger partial charge in [-0.1, -0.05) is 17.7 Å². The number of rotatable bonds is 3. The van der Waals surface area contributed by atoms with Gasteiger partial charge in [0.15, 0.2) is 0 Å². The normalized spacial score (nSPS) is 9.92. The minimum atomic E-state index is 0.144. The maximum absolute atomic E-state index is 8.68. The number of aliphatic hydroxyl groups is 1. The average Bonchev–Trinajstić information content (AvgIpc) is 2.09. The average molecular weight is 187 g/mol. The lowest BCUT2D eigenvalue weighted by molar-refractivity contribution is 0.299. The highest BCUT2D eigenvalue weighted by Gasteiger charge is 2.00. The summed E-state index contributed by atoms with van der Waals surface area (Å²) >= 11 is 5.81. The summed E-state index contributed by atoms with van der Waals surface area (Å²) in [6, 6.07) is 5.48. The number of aliphatic hydroxyl groups excluding tert-OH is 1. The van der Waals surface area contributed by atoms with Crippen LogP contribution in [0.4, 0.5) is 0 Å². The van der Waals surface area contributed by atoms with Crippen molar-refractivity contribution < 1.29 is 9.84 Å². The summed E-state index contributed by atoms with van der Waals surface area (Å²) in [4.78, 5) is 0. The summed E-state index contributed by atoms with van der Waals surface area (Å²) in [5, 5.41) is 9.28. The van der Waals surface area contributed by atoms with Crippen LogP contribution in [0.15, 0.2) is 18.2 Å². The maximum atomic E-state index is 8.68. The summed E-state index contributed by atoms with van der Waals surface area (Å²) in [6.45, 7) is 0.144. The molecule has 2 nitrogen and oxygen atoms in total. The molecule has 0 aliphatic rings. The van der Waals surface area contributed by atoms with Crippen molar-refractivity contribution >= 4 is 11.6 Å². The third-order valence-corrected chi connectivity index (χ3v) is 1.93. The number of methoxy groups -OCH3 is 1. The van der Waals surface area contributed by atoms with Crippen molar-refractivity contribution in [2.45, 2.75) is 6.42 Å². The minimum Gasteiger partial charge on any atom is -0.495 e. The molecule has 0 saturated heterocycles. The monoisotopic (exact) mass is 186 g/mol. The van der Waals surface area contributed by atoms with Crippen molar-refractivity contribution in [2.75, 3.05) is 13.7 Å². The van der Waals surface area contributed by atoms with Gasteiger partial charge in [-0.2, -0.15) is 0 Å². The highest BCUT2D eigenvalue weighted by atomic mass is 35.5. The van der Waals surface area contributed by atoms with Gasteiger partial charge in [0.25, 0.3) is 0 Å². The van der Waals surface area contributed by atoms with E-state index in [4.69, 9.17) is 21.4 Å². The summed E-state index contributed by atoms with van der Waals surface area (Å²) in [7, 11) is 1.57. The van der Waals surface area contributed by atoms with Gasteiger partial charge < -0.3 is 9.84 Å². The fourth-order valence-electron chi connectivity index (χ4n) is 0.989. The molecule has 0 aliphatic carbocycles. The van der Waals surface area contributed by atoms with E-state index in [1.165, 1.54) is 0 Å². The van der Waals surface area contributed by atoms with E-state index < -0.39 is 0 Å². The van der Waals surface area contributed by atoms with Crippen LogP contribution >= 0.6 is 11.6 Å². The van der Waals surface area contributed by atoms with Crippen LogP contribution in [0, 0.1) is 0 Å². The molecule has 0 spiro atoms. The van der Waals surface area contributed by atoms with E-state index in [1.807, 2.05) is 12.1 Å². The fraction of sp³-hybridized carbons (Fsp3) is 0.333. The van der Waals surface area contributed by atoms with Crippen molar-refractivity contribution in [3.05, 3.63) is 28.8 Å². The highest BCUT2D eigenvalue weighted by Crippen LogP contribution is 2.24. The maximum Gasteiger partial charge on any atom is 0.137 e. The number of ether oxygens (including phenoxy) is 1. The van der Waals surface area contributed by atoms with Gasteiger partial charge in [-0.15, -0.1) is 0 Å². The Bertz CT molecular complexity index is 261. The molecule has 0 fully saturated rings. The summed E-state index contributed by atoms with van der Waals surface area (Å²) in [5.74, 6) is 0.655. The second kappa shape index (κ2) is 4.33. The topological polar surface area (TPSA) is 29.5 Å². The predicted octanol–water partition coefficient (Wildman–Crippen LogP) is 1.88. The highest BCUT2D eigenvalue weighted by molar-refractivity contribution is 6.32. The molecular formula is C9H11ClO2. The SMILES string of the molecule is COc1cc(CCO)ccc1Cl.